The standard InChI is InChI=1S/C15H16N2O2S/c1-12-8-10-15(11-9-12)20(18,19)17-16-13(2)14-6-4-3-5-7-14/h3-11,17H,1-2H3. The quantitative estimate of drug-likeness (QED) is 0.694. The maximum atomic E-state index is 12.1. The van der Waals surface area contributed by atoms with Crippen molar-refractivity contribution in [1.29, 1.82) is 0 Å². The molecule has 0 amide bonds. The number of sulfonamides is 1. The molecule has 0 unspecified atom stereocenters. The normalized spacial score (nSPS) is 12.2. The van der Waals surface area contributed by atoms with Gasteiger partial charge in [0, 0.05) is 0 Å². The van der Waals surface area contributed by atoms with Crippen molar-refractivity contribution in [3.63, 3.8) is 0 Å². The zero-order valence-corrected chi connectivity index (χ0v) is 12.2. The van der Waals surface area contributed by atoms with Crippen molar-refractivity contribution in [2.75, 3.05) is 0 Å². The summed E-state index contributed by atoms with van der Waals surface area (Å²) >= 11 is 0. The molecule has 2 aromatic rings. The van der Waals surface area contributed by atoms with E-state index >= 15 is 0 Å². The second-order valence-electron chi connectivity index (χ2n) is 4.47. The second-order valence-corrected chi connectivity index (χ2v) is 6.13. The Morgan fingerprint density at radius 3 is 2.20 bits per heavy atom. The highest BCUT2D eigenvalue weighted by atomic mass is 32.2. The molecule has 0 fully saturated rings. The van der Waals surface area contributed by atoms with Gasteiger partial charge in [0.1, 0.15) is 0 Å². The van der Waals surface area contributed by atoms with Crippen molar-refractivity contribution < 1.29 is 8.42 Å². The van der Waals surface area contributed by atoms with Crippen LogP contribution in [0.3, 0.4) is 0 Å². The van der Waals surface area contributed by atoms with Crippen LogP contribution < -0.4 is 4.83 Å². The molecule has 0 aliphatic heterocycles. The van der Waals surface area contributed by atoms with E-state index in [0.29, 0.717) is 5.71 Å². The molecule has 0 saturated heterocycles. The molecule has 0 bridgehead atoms. The maximum absolute atomic E-state index is 12.1. The summed E-state index contributed by atoms with van der Waals surface area (Å²) in [5.74, 6) is 0. The lowest BCUT2D eigenvalue weighted by molar-refractivity contribution is 0.584. The van der Waals surface area contributed by atoms with Crippen LogP contribution in [-0.4, -0.2) is 14.1 Å². The van der Waals surface area contributed by atoms with Crippen LogP contribution in [0, 0.1) is 6.92 Å². The Kier molecular flexibility index (Phi) is 4.20. The summed E-state index contributed by atoms with van der Waals surface area (Å²) in [6, 6.07) is 16.0. The SMILES string of the molecule is CC(=NNS(=O)(=O)c1ccc(C)cc1)c1ccccc1. The van der Waals surface area contributed by atoms with Crippen LogP contribution in [0.25, 0.3) is 0 Å². The van der Waals surface area contributed by atoms with Crippen LogP contribution in [0.2, 0.25) is 0 Å². The fourth-order valence-corrected chi connectivity index (χ4v) is 2.50. The average molecular weight is 288 g/mol. The van der Waals surface area contributed by atoms with Gasteiger partial charge in [-0.3, -0.25) is 0 Å². The van der Waals surface area contributed by atoms with Gasteiger partial charge < -0.3 is 0 Å². The summed E-state index contributed by atoms with van der Waals surface area (Å²) in [7, 11) is -3.62. The zero-order chi connectivity index (χ0) is 14.6. The van der Waals surface area contributed by atoms with Crippen LogP contribution in [0.4, 0.5) is 0 Å². The first kappa shape index (κ1) is 14.3. The van der Waals surface area contributed by atoms with Crippen LogP contribution in [0.5, 0.6) is 0 Å². The van der Waals surface area contributed by atoms with E-state index in [1.165, 1.54) is 0 Å². The van der Waals surface area contributed by atoms with E-state index in [2.05, 4.69) is 9.93 Å². The van der Waals surface area contributed by atoms with Crippen molar-refractivity contribution in [3.8, 4) is 0 Å². The lowest BCUT2D eigenvalue weighted by Crippen LogP contribution is -2.19. The van der Waals surface area contributed by atoms with Gasteiger partial charge in [-0.1, -0.05) is 48.0 Å². The summed E-state index contributed by atoms with van der Waals surface area (Å²) in [5.41, 5.74) is 2.49. The van der Waals surface area contributed by atoms with Gasteiger partial charge in [0.2, 0.25) is 0 Å². The molecule has 2 aromatic carbocycles. The molecule has 20 heavy (non-hydrogen) atoms. The van der Waals surface area contributed by atoms with E-state index in [4.69, 9.17) is 0 Å². The fourth-order valence-electron chi connectivity index (χ4n) is 1.64. The molecule has 0 aromatic heterocycles. The minimum Gasteiger partial charge on any atom is -0.200 e. The Morgan fingerprint density at radius 2 is 1.60 bits per heavy atom. The van der Waals surface area contributed by atoms with Crippen molar-refractivity contribution >= 4 is 15.7 Å². The number of nitrogens with one attached hydrogen (secondary N) is 1. The monoisotopic (exact) mass is 288 g/mol. The number of benzene rings is 2. The van der Waals surface area contributed by atoms with E-state index in [-0.39, 0.29) is 4.90 Å². The Labute approximate surface area is 119 Å². The van der Waals surface area contributed by atoms with E-state index < -0.39 is 10.0 Å². The predicted molar refractivity (Wildman–Crippen MR) is 80.2 cm³/mol. The molecule has 0 saturated carbocycles. The third-order valence-electron chi connectivity index (χ3n) is 2.86. The highest BCUT2D eigenvalue weighted by molar-refractivity contribution is 7.89. The molecule has 0 aliphatic rings. The molecule has 0 atom stereocenters. The molecule has 0 heterocycles. The molecular formula is C15H16N2O2S. The average Bonchev–Trinajstić information content (AvgIpc) is 2.46. The van der Waals surface area contributed by atoms with Gasteiger partial charge in [-0.25, -0.2) is 0 Å². The summed E-state index contributed by atoms with van der Waals surface area (Å²) < 4.78 is 24.1. The molecule has 2 rings (SSSR count). The van der Waals surface area contributed by atoms with Crippen LogP contribution in [0.1, 0.15) is 18.1 Å². The number of aryl methyl sites for hydroxylation is 1. The first-order valence-corrected chi connectivity index (χ1v) is 7.65. The van der Waals surface area contributed by atoms with Gasteiger partial charge in [-0.05, 0) is 31.5 Å². The summed E-state index contributed by atoms with van der Waals surface area (Å²) in [5, 5.41) is 3.94. The summed E-state index contributed by atoms with van der Waals surface area (Å²) in [6.45, 7) is 3.66. The van der Waals surface area contributed by atoms with Crippen LogP contribution in [0.15, 0.2) is 64.6 Å². The number of hydrazone groups is 1. The van der Waals surface area contributed by atoms with Crippen molar-refractivity contribution in [2.45, 2.75) is 18.7 Å². The van der Waals surface area contributed by atoms with Gasteiger partial charge >= 0.3 is 0 Å². The highest BCUT2D eigenvalue weighted by Gasteiger charge is 2.12. The van der Waals surface area contributed by atoms with Crippen LogP contribution in [-0.2, 0) is 10.0 Å². The predicted octanol–water partition coefficient (Wildman–Crippen LogP) is 2.70. The Hall–Kier alpha value is -2.14. The number of nitrogens with zero attached hydrogens (tertiary/aromatic N) is 1. The minimum atomic E-state index is -3.62. The highest BCUT2D eigenvalue weighted by Crippen LogP contribution is 2.10. The fraction of sp³-hybridized carbons (Fsp3) is 0.133. The Morgan fingerprint density at radius 1 is 1.00 bits per heavy atom. The summed E-state index contributed by atoms with van der Waals surface area (Å²) in [6.07, 6.45) is 0. The van der Waals surface area contributed by atoms with E-state index in [1.807, 2.05) is 37.3 Å². The molecular weight excluding hydrogens is 272 g/mol. The zero-order valence-electron chi connectivity index (χ0n) is 11.4. The first-order chi connectivity index (χ1) is 9.49. The minimum absolute atomic E-state index is 0.202. The second kappa shape index (κ2) is 5.88. The first-order valence-electron chi connectivity index (χ1n) is 6.17. The third-order valence-corrected chi connectivity index (χ3v) is 4.08. The molecule has 104 valence electrons. The molecule has 1 N–H and O–H groups in total. The maximum Gasteiger partial charge on any atom is 0.276 e. The Bertz CT molecular complexity index is 705. The largest absolute Gasteiger partial charge is 0.276 e. The van der Waals surface area contributed by atoms with Gasteiger partial charge in [0.15, 0.2) is 0 Å². The Balaban J connectivity index is 2.19. The van der Waals surface area contributed by atoms with E-state index in [0.717, 1.165) is 11.1 Å². The molecule has 0 radical (unpaired) electrons. The lowest BCUT2D eigenvalue weighted by atomic mass is 10.1. The van der Waals surface area contributed by atoms with Crippen molar-refractivity contribution in [1.82, 2.24) is 4.83 Å². The number of hydrogen-bond donors (Lipinski definition) is 1. The lowest BCUT2D eigenvalue weighted by Gasteiger charge is -2.05. The molecule has 0 aliphatic carbocycles. The molecule has 4 nitrogen and oxygen atoms in total. The smallest absolute Gasteiger partial charge is 0.200 e. The van der Waals surface area contributed by atoms with Crippen LogP contribution >= 0.6 is 0 Å². The number of rotatable bonds is 4. The van der Waals surface area contributed by atoms with Gasteiger partial charge in [0.25, 0.3) is 10.0 Å². The van der Waals surface area contributed by atoms with Gasteiger partial charge in [-0.2, -0.15) is 18.4 Å². The third kappa shape index (κ3) is 3.45. The number of hydrogen-bond acceptors (Lipinski definition) is 3. The van der Waals surface area contributed by atoms with E-state index in [1.54, 1.807) is 31.2 Å². The van der Waals surface area contributed by atoms with Crippen molar-refractivity contribution in [2.24, 2.45) is 5.10 Å². The van der Waals surface area contributed by atoms with Gasteiger partial charge in [-0.15, -0.1) is 0 Å². The topological polar surface area (TPSA) is 58.5 Å². The van der Waals surface area contributed by atoms with E-state index in [9.17, 15) is 8.42 Å². The summed E-state index contributed by atoms with van der Waals surface area (Å²) in [4.78, 5) is 2.45. The van der Waals surface area contributed by atoms with Gasteiger partial charge in [0.05, 0.1) is 10.6 Å². The molecule has 0 spiro atoms. The van der Waals surface area contributed by atoms with Crippen molar-refractivity contribution in [3.05, 3.63) is 65.7 Å². The molecule has 5 heteroatoms.